The summed E-state index contributed by atoms with van der Waals surface area (Å²) in [5, 5.41) is 16.7. The van der Waals surface area contributed by atoms with Crippen molar-refractivity contribution in [2.24, 2.45) is 14.1 Å². The minimum Gasteiger partial charge on any atom is -0.342 e. The molecule has 7 nitrogen and oxygen atoms in total. The van der Waals surface area contributed by atoms with Crippen molar-refractivity contribution in [3.63, 3.8) is 0 Å². The summed E-state index contributed by atoms with van der Waals surface area (Å²) < 4.78 is 3.62. The van der Waals surface area contributed by atoms with Crippen molar-refractivity contribution in [2.75, 3.05) is 7.05 Å². The highest BCUT2D eigenvalue weighted by atomic mass is 16.2. The van der Waals surface area contributed by atoms with E-state index < -0.39 is 0 Å². The Bertz CT molecular complexity index is 768. The number of likely N-dealkylation sites (tertiary alicyclic amines) is 1. The van der Waals surface area contributed by atoms with Gasteiger partial charge in [-0.05, 0) is 17.7 Å². The zero-order chi connectivity index (χ0) is 16.6. The van der Waals surface area contributed by atoms with E-state index in [2.05, 4.69) is 16.5 Å². The molecule has 0 radical (unpaired) electrons. The molecule has 23 heavy (non-hydrogen) atoms. The van der Waals surface area contributed by atoms with Gasteiger partial charge in [0.15, 0.2) is 0 Å². The molecule has 1 N–H and O–H groups in total. The third-order valence-electron chi connectivity index (χ3n) is 4.49. The monoisotopic (exact) mass is 312 g/mol. The molecule has 0 unspecified atom stereocenters. The molecular weight excluding hydrogens is 292 g/mol. The lowest BCUT2D eigenvalue weighted by atomic mass is 10.1. The standard InChI is InChI=1S/C16H20N6O/c1-20-10-11(6-12(20)8-17)9-18-13-7-15(23)21(2)16(13)14-4-5-19-22(14)3/h4-6,10,13,16,18H,7,9H2,1-3H3/t13-,16-/m1/s1. The Kier molecular flexibility index (Phi) is 3.92. The van der Waals surface area contributed by atoms with Gasteiger partial charge in [-0.1, -0.05) is 0 Å². The van der Waals surface area contributed by atoms with Crippen molar-refractivity contribution in [2.45, 2.75) is 25.0 Å². The fourth-order valence-electron chi connectivity index (χ4n) is 3.22. The predicted octanol–water partition coefficient (Wildman–Crippen LogP) is 0.692. The number of likely N-dealkylation sites (N-methyl/N-ethyl adjacent to an activating group) is 1. The maximum Gasteiger partial charge on any atom is 0.224 e. The first-order valence-electron chi connectivity index (χ1n) is 7.53. The predicted molar refractivity (Wildman–Crippen MR) is 84.1 cm³/mol. The minimum absolute atomic E-state index is 0.0219. The first kappa shape index (κ1) is 15.3. The topological polar surface area (TPSA) is 78.9 Å². The molecule has 0 saturated carbocycles. The molecule has 1 aliphatic rings. The van der Waals surface area contributed by atoms with E-state index in [1.165, 1.54) is 0 Å². The fraction of sp³-hybridized carbons (Fsp3) is 0.438. The van der Waals surface area contributed by atoms with Gasteiger partial charge in [0.05, 0.1) is 11.7 Å². The van der Waals surface area contributed by atoms with Gasteiger partial charge >= 0.3 is 0 Å². The van der Waals surface area contributed by atoms with Crippen LogP contribution in [0.4, 0.5) is 0 Å². The highest BCUT2D eigenvalue weighted by Gasteiger charge is 2.39. The Hall–Kier alpha value is -2.59. The molecule has 3 heterocycles. The van der Waals surface area contributed by atoms with Crippen LogP contribution in [0.25, 0.3) is 0 Å². The summed E-state index contributed by atoms with van der Waals surface area (Å²) in [5.41, 5.74) is 2.68. The number of aromatic nitrogens is 3. The van der Waals surface area contributed by atoms with Gasteiger partial charge in [0.25, 0.3) is 0 Å². The van der Waals surface area contributed by atoms with Crippen LogP contribution in [-0.2, 0) is 25.4 Å². The SMILES string of the molecule is CN1C(=O)C[C@@H](NCc2cc(C#N)n(C)c2)[C@@H]1c1ccnn1C. The van der Waals surface area contributed by atoms with Gasteiger partial charge in [-0.2, -0.15) is 10.4 Å². The average molecular weight is 312 g/mol. The molecule has 0 bridgehead atoms. The highest BCUT2D eigenvalue weighted by Crippen LogP contribution is 2.31. The van der Waals surface area contributed by atoms with E-state index in [1.807, 2.05) is 48.7 Å². The van der Waals surface area contributed by atoms with Crippen LogP contribution < -0.4 is 5.32 Å². The summed E-state index contributed by atoms with van der Waals surface area (Å²) in [7, 11) is 5.57. The maximum absolute atomic E-state index is 12.1. The van der Waals surface area contributed by atoms with Crippen LogP contribution in [0.1, 0.15) is 29.4 Å². The number of nitrogens with one attached hydrogen (secondary N) is 1. The minimum atomic E-state index is -0.0332. The van der Waals surface area contributed by atoms with Crippen LogP contribution in [0.15, 0.2) is 24.5 Å². The summed E-state index contributed by atoms with van der Waals surface area (Å²) in [6.45, 7) is 0.621. The second kappa shape index (κ2) is 5.89. The van der Waals surface area contributed by atoms with Crippen LogP contribution in [0, 0.1) is 11.3 Å². The van der Waals surface area contributed by atoms with Gasteiger partial charge in [-0.15, -0.1) is 0 Å². The molecule has 2 atom stereocenters. The molecule has 0 aromatic carbocycles. The van der Waals surface area contributed by atoms with Crippen LogP contribution in [0.5, 0.6) is 0 Å². The lowest BCUT2D eigenvalue weighted by Gasteiger charge is -2.25. The summed E-state index contributed by atoms with van der Waals surface area (Å²) >= 11 is 0. The molecule has 0 spiro atoms. The Morgan fingerprint density at radius 3 is 2.83 bits per heavy atom. The van der Waals surface area contributed by atoms with E-state index in [1.54, 1.807) is 11.1 Å². The molecule has 3 rings (SSSR count). The Morgan fingerprint density at radius 2 is 2.22 bits per heavy atom. The molecule has 2 aromatic rings. The number of carbonyl (C=O) groups is 1. The normalized spacial score (nSPS) is 21.0. The lowest BCUT2D eigenvalue weighted by molar-refractivity contribution is -0.127. The van der Waals surface area contributed by atoms with Gasteiger partial charge in [0.2, 0.25) is 5.91 Å². The van der Waals surface area contributed by atoms with Crippen LogP contribution in [-0.4, -0.2) is 38.2 Å². The van der Waals surface area contributed by atoms with Gasteiger partial charge in [0.1, 0.15) is 11.8 Å². The van der Waals surface area contributed by atoms with E-state index in [0.29, 0.717) is 18.7 Å². The van der Waals surface area contributed by atoms with Crippen molar-refractivity contribution >= 4 is 5.91 Å². The number of carbonyl (C=O) groups excluding carboxylic acids is 1. The van der Waals surface area contributed by atoms with Gasteiger partial charge < -0.3 is 14.8 Å². The summed E-state index contributed by atoms with van der Waals surface area (Å²) in [5.74, 6) is 0.125. The number of nitriles is 1. The molecule has 1 saturated heterocycles. The summed E-state index contributed by atoms with van der Waals surface area (Å²) in [4.78, 5) is 13.9. The third kappa shape index (κ3) is 2.73. The highest BCUT2D eigenvalue weighted by molar-refractivity contribution is 5.80. The van der Waals surface area contributed by atoms with Gasteiger partial charge in [-0.25, -0.2) is 0 Å². The quantitative estimate of drug-likeness (QED) is 0.901. The van der Waals surface area contributed by atoms with Crippen molar-refractivity contribution in [3.8, 4) is 6.07 Å². The maximum atomic E-state index is 12.1. The second-order valence-electron chi connectivity index (χ2n) is 5.98. The largest absolute Gasteiger partial charge is 0.342 e. The van der Waals surface area contributed by atoms with Crippen molar-refractivity contribution in [1.82, 2.24) is 24.6 Å². The van der Waals surface area contributed by atoms with E-state index in [0.717, 1.165) is 11.3 Å². The molecule has 120 valence electrons. The van der Waals surface area contributed by atoms with E-state index in [-0.39, 0.29) is 18.0 Å². The number of rotatable bonds is 4. The number of amides is 1. The van der Waals surface area contributed by atoms with Gasteiger partial charge in [0, 0.05) is 52.5 Å². The zero-order valence-corrected chi connectivity index (χ0v) is 13.5. The Labute approximate surface area is 135 Å². The fourth-order valence-corrected chi connectivity index (χ4v) is 3.22. The summed E-state index contributed by atoms with van der Waals surface area (Å²) in [6, 6.07) is 5.96. The van der Waals surface area contributed by atoms with Crippen molar-refractivity contribution in [3.05, 3.63) is 41.5 Å². The first-order chi connectivity index (χ1) is 11.0. The first-order valence-corrected chi connectivity index (χ1v) is 7.53. The van der Waals surface area contributed by atoms with Crippen LogP contribution in [0.2, 0.25) is 0 Å². The molecule has 1 fully saturated rings. The zero-order valence-electron chi connectivity index (χ0n) is 13.5. The number of hydrogen-bond acceptors (Lipinski definition) is 4. The molecule has 7 heteroatoms. The molecule has 0 aliphatic carbocycles. The number of hydrogen-bond donors (Lipinski definition) is 1. The molecular formula is C16H20N6O. The van der Waals surface area contributed by atoms with E-state index in [4.69, 9.17) is 5.26 Å². The van der Waals surface area contributed by atoms with E-state index >= 15 is 0 Å². The van der Waals surface area contributed by atoms with Crippen LogP contribution in [0.3, 0.4) is 0 Å². The Balaban J connectivity index is 1.76. The van der Waals surface area contributed by atoms with Crippen LogP contribution >= 0.6 is 0 Å². The van der Waals surface area contributed by atoms with Crippen molar-refractivity contribution in [1.29, 1.82) is 5.26 Å². The second-order valence-corrected chi connectivity index (χ2v) is 5.98. The molecule has 1 aliphatic heterocycles. The lowest BCUT2D eigenvalue weighted by Crippen LogP contribution is -2.35. The number of nitrogens with zero attached hydrogens (tertiary/aromatic N) is 5. The molecule has 1 amide bonds. The number of aryl methyl sites for hydroxylation is 2. The van der Waals surface area contributed by atoms with Gasteiger partial charge in [-0.3, -0.25) is 9.48 Å². The molecule has 2 aromatic heterocycles. The smallest absolute Gasteiger partial charge is 0.224 e. The Morgan fingerprint density at radius 1 is 1.43 bits per heavy atom. The van der Waals surface area contributed by atoms with Crippen molar-refractivity contribution < 1.29 is 4.79 Å². The van der Waals surface area contributed by atoms with E-state index in [9.17, 15) is 4.79 Å². The average Bonchev–Trinajstić information content (AvgIpc) is 3.17. The third-order valence-corrected chi connectivity index (χ3v) is 4.49. The summed E-state index contributed by atoms with van der Waals surface area (Å²) in [6.07, 6.45) is 4.15.